The van der Waals surface area contributed by atoms with Gasteiger partial charge in [0.25, 0.3) is 0 Å². The summed E-state index contributed by atoms with van der Waals surface area (Å²) in [6.07, 6.45) is 0.978. The van der Waals surface area contributed by atoms with Gasteiger partial charge in [-0.15, -0.1) is 0 Å². The lowest BCUT2D eigenvalue weighted by atomic mass is 10.2. The monoisotopic (exact) mass is 258 g/mol. The van der Waals surface area contributed by atoms with Crippen molar-refractivity contribution in [2.24, 2.45) is 0 Å². The highest BCUT2D eigenvalue weighted by Crippen LogP contribution is 2.06. The first-order valence-electron chi connectivity index (χ1n) is 6.33. The van der Waals surface area contributed by atoms with Crippen LogP contribution in [-0.2, 0) is 19.1 Å². The van der Waals surface area contributed by atoms with E-state index < -0.39 is 0 Å². The molecule has 1 unspecified atom stereocenters. The van der Waals surface area contributed by atoms with Crippen LogP contribution in [0.25, 0.3) is 0 Å². The third kappa shape index (κ3) is 4.62. The number of methoxy groups -OCH3 is 1. The van der Waals surface area contributed by atoms with Gasteiger partial charge in [-0.1, -0.05) is 6.92 Å². The van der Waals surface area contributed by atoms with E-state index in [1.54, 1.807) is 12.0 Å². The molecule has 0 spiro atoms. The fourth-order valence-electron chi connectivity index (χ4n) is 1.81. The zero-order valence-electron chi connectivity index (χ0n) is 11.1. The number of nitrogens with one attached hydrogen (secondary N) is 1. The Morgan fingerprint density at radius 3 is 2.78 bits per heavy atom. The number of carbonyl (C=O) groups excluding carboxylic acids is 2. The first-order chi connectivity index (χ1) is 8.69. The molecular formula is C12H22N2O4. The molecule has 0 aromatic carbocycles. The standard InChI is InChI=1S/C12H22N2O4/c1-3-10-12(16)14(5-4-11(15)13-10)6-7-18-9-8-17-2/h10H,3-9H2,1-2H3,(H,13,15). The Morgan fingerprint density at radius 1 is 1.33 bits per heavy atom. The Kier molecular flexibility index (Phi) is 6.67. The minimum absolute atomic E-state index is 0.0151. The maximum atomic E-state index is 12.1. The lowest BCUT2D eigenvalue weighted by Gasteiger charge is -2.23. The van der Waals surface area contributed by atoms with Crippen LogP contribution < -0.4 is 5.32 Å². The molecule has 6 nitrogen and oxygen atoms in total. The van der Waals surface area contributed by atoms with Gasteiger partial charge in [0, 0.05) is 26.6 Å². The van der Waals surface area contributed by atoms with Crippen molar-refractivity contribution < 1.29 is 19.1 Å². The molecule has 0 aliphatic carbocycles. The minimum Gasteiger partial charge on any atom is -0.382 e. The topological polar surface area (TPSA) is 67.9 Å². The summed E-state index contributed by atoms with van der Waals surface area (Å²) in [7, 11) is 1.62. The average molecular weight is 258 g/mol. The maximum Gasteiger partial charge on any atom is 0.245 e. The molecule has 1 aliphatic heterocycles. The molecule has 2 amide bonds. The van der Waals surface area contributed by atoms with Gasteiger partial charge in [0.2, 0.25) is 11.8 Å². The van der Waals surface area contributed by atoms with E-state index in [4.69, 9.17) is 9.47 Å². The summed E-state index contributed by atoms with van der Waals surface area (Å²) in [6.45, 7) is 4.42. The fraction of sp³-hybridized carbons (Fsp3) is 0.833. The predicted molar refractivity (Wildman–Crippen MR) is 66.1 cm³/mol. The molecule has 6 heteroatoms. The summed E-state index contributed by atoms with van der Waals surface area (Å²) in [6, 6.07) is -0.390. The van der Waals surface area contributed by atoms with Crippen LogP contribution >= 0.6 is 0 Å². The number of ether oxygens (including phenoxy) is 2. The van der Waals surface area contributed by atoms with Crippen LogP contribution in [0.1, 0.15) is 19.8 Å². The second-order valence-corrected chi connectivity index (χ2v) is 4.21. The fourth-order valence-corrected chi connectivity index (χ4v) is 1.81. The van der Waals surface area contributed by atoms with Crippen LogP contribution in [0.3, 0.4) is 0 Å². The Balaban J connectivity index is 2.38. The molecule has 0 bridgehead atoms. The molecule has 18 heavy (non-hydrogen) atoms. The summed E-state index contributed by atoms with van der Waals surface area (Å²) in [4.78, 5) is 25.2. The number of hydrogen-bond acceptors (Lipinski definition) is 4. The summed E-state index contributed by atoms with van der Waals surface area (Å²) in [5, 5.41) is 2.73. The van der Waals surface area contributed by atoms with Crippen molar-refractivity contribution in [3.63, 3.8) is 0 Å². The summed E-state index contributed by atoms with van der Waals surface area (Å²) in [5.41, 5.74) is 0. The first-order valence-corrected chi connectivity index (χ1v) is 6.33. The maximum absolute atomic E-state index is 12.1. The van der Waals surface area contributed by atoms with Crippen LogP contribution in [0, 0.1) is 0 Å². The molecule has 0 saturated carbocycles. The van der Waals surface area contributed by atoms with Crippen LogP contribution in [0.4, 0.5) is 0 Å². The normalized spacial score (nSPS) is 20.8. The van der Waals surface area contributed by atoms with Gasteiger partial charge < -0.3 is 19.7 Å². The zero-order chi connectivity index (χ0) is 13.4. The number of nitrogens with zero attached hydrogens (tertiary/aromatic N) is 1. The van der Waals surface area contributed by atoms with Crippen LogP contribution in [0.5, 0.6) is 0 Å². The van der Waals surface area contributed by atoms with Crippen molar-refractivity contribution in [2.75, 3.05) is 40.0 Å². The lowest BCUT2D eigenvalue weighted by Crippen LogP contribution is -2.45. The van der Waals surface area contributed by atoms with E-state index in [1.165, 1.54) is 0 Å². The molecule has 1 N–H and O–H groups in total. The molecule has 0 aromatic rings. The Hall–Kier alpha value is -1.14. The Morgan fingerprint density at radius 2 is 2.11 bits per heavy atom. The first kappa shape index (κ1) is 14.9. The predicted octanol–water partition coefficient (Wildman–Crippen LogP) is -0.223. The highest BCUT2D eigenvalue weighted by molar-refractivity contribution is 5.89. The van der Waals surface area contributed by atoms with Gasteiger partial charge in [0.05, 0.1) is 19.8 Å². The molecule has 1 atom stereocenters. The van der Waals surface area contributed by atoms with E-state index in [1.807, 2.05) is 6.92 Å². The molecule has 1 saturated heterocycles. The van der Waals surface area contributed by atoms with Gasteiger partial charge in [0.1, 0.15) is 6.04 Å². The van der Waals surface area contributed by atoms with Crippen molar-refractivity contribution >= 4 is 11.8 Å². The number of hydrogen-bond donors (Lipinski definition) is 1. The largest absolute Gasteiger partial charge is 0.382 e. The van der Waals surface area contributed by atoms with Gasteiger partial charge in [-0.2, -0.15) is 0 Å². The van der Waals surface area contributed by atoms with Crippen molar-refractivity contribution in [1.29, 1.82) is 0 Å². The van der Waals surface area contributed by atoms with E-state index in [0.29, 0.717) is 45.8 Å². The second kappa shape index (κ2) is 8.05. The number of amides is 2. The smallest absolute Gasteiger partial charge is 0.245 e. The SMILES string of the molecule is CCC1NC(=O)CCN(CCOCCOC)C1=O. The Labute approximate surface area is 108 Å². The van der Waals surface area contributed by atoms with Gasteiger partial charge >= 0.3 is 0 Å². The highest BCUT2D eigenvalue weighted by atomic mass is 16.5. The van der Waals surface area contributed by atoms with E-state index in [9.17, 15) is 9.59 Å². The molecule has 1 fully saturated rings. The lowest BCUT2D eigenvalue weighted by molar-refractivity contribution is -0.134. The summed E-state index contributed by atoms with van der Waals surface area (Å²) in [5.74, 6) is -0.0725. The number of rotatable bonds is 7. The van der Waals surface area contributed by atoms with Crippen LogP contribution in [-0.4, -0.2) is 62.8 Å². The summed E-state index contributed by atoms with van der Waals surface area (Å²) < 4.78 is 10.2. The molecule has 1 heterocycles. The van der Waals surface area contributed by atoms with E-state index in [-0.39, 0.29) is 17.9 Å². The van der Waals surface area contributed by atoms with Gasteiger partial charge in [-0.3, -0.25) is 9.59 Å². The highest BCUT2D eigenvalue weighted by Gasteiger charge is 2.27. The minimum atomic E-state index is -0.390. The summed E-state index contributed by atoms with van der Waals surface area (Å²) >= 11 is 0. The van der Waals surface area contributed by atoms with E-state index >= 15 is 0 Å². The Bertz CT molecular complexity index is 283. The molecule has 1 aliphatic rings. The molecule has 0 aromatic heterocycles. The van der Waals surface area contributed by atoms with Crippen LogP contribution in [0.2, 0.25) is 0 Å². The second-order valence-electron chi connectivity index (χ2n) is 4.21. The molecule has 0 radical (unpaired) electrons. The van der Waals surface area contributed by atoms with Crippen LogP contribution in [0.15, 0.2) is 0 Å². The number of carbonyl (C=O) groups is 2. The van der Waals surface area contributed by atoms with E-state index in [2.05, 4.69) is 5.32 Å². The molecule has 104 valence electrons. The van der Waals surface area contributed by atoms with Crippen molar-refractivity contribution in [2.45, 2.75) is 25.8 Å². The van der Waals surface area contributed by atoms with Crippen molar-refractivity contribution in [3.05, 3.63) is 0 Å². The van der Waals surface area contributed by atoms with E-state index in [0.717, 1.165) is 0 Å². The van der Waals surface area contributed by atoms with Gasteiger partial charge in [-0.25, -0.2) is 0 Å². The van der Waals surface area contributed by atoms with Crippen molar-refractivity contribution in [3.8, 4) is 0 Å². The molecule has 1 rings (SSSR count). The average Bonchev–Trinajstić information content (AvgIpc) is 2.50. The molecular weight excluding hydrogens is 236 g/mol. The zero-order valence-corrected chi connectivity index (χ0v) is 11.1. The van der Waals surface area contributed by atoms with Gasteiger partial charge in [-0.05, 0) is 6.42 Å². The third-order valence-corrected chi connectivity index (χ3v) is 2.90. The quantitative estimate of drug-likeness (QED) is 0.641. The van der Waals surface area contributed by atoms with Crippen molar-refractivity contribution in [1.82, 2.24) is 10.2 Å². The third-order valence-electron chi connectivity index (χ3n) is 2.90. The van der Waals surface area contributed by atoms with Gasteiger partial charge in [0.15, 0.2) is 0 Å².